The van der Waals surface area contributed by atoms with Crippen LogP contribution in [0.1, 0.15) is 16.2 Å². The highest BCUT2D eigenvalue weighted by molar-refractivity contribution is 5.92. The van der Waals surface area contributed by atoms with Gasteiger partial charge in [0.25, 0.3) is 0 Å². The molecule has 2 aromatic heterocycles. The van der Waals surface area contributed by atoms with Crippen LogP contribution in [0.2, 0.25) is 0 Å². The van der Waals surface area contributed by atoms with Crippen LogP contribution in [0, 0.1) is 6.92 Å². The summed E-state index contributed by atoms with van der Waals surface area (Å²) in [7, 11) is 0. The van der Waals surface area contributed by atoms with E-state index in [0.717, 1.165) is 16.8 Å². The molecule has 0 unspecified atom stereocenters. The van der Waals surface area contributed by atoms with E-state index >= 15 is 0 Å². The molecule has 0 spiro atoms. The Hall–Kier alpha value is -2.69. The van der Waals surface area contributed by atoms with Crippen LogP contribution in [0.5, 0.6) is 0 Å². The van der Waals surface area contributed by atoms with Gasteiger partial charge in [0.2, 0.25) is 0 Å². The number of carboxylic acid groups (broad SMARTS) is 1. The molecule has 5 heteroatoms. The number of carboxylic acids is 1. The fraction of sp³-hybridized carbons (Fsp3) is 0.0714. The second-order valence-corrected chi connectivity index (χ2v) is 4.25. The lowest BCUT2D eigenvalue weighted by Gasteiger charge is -2.06. The molecule has 0 aliphatic carbocycles. The zero-order chi connectivity index (χ0) is 13.4. The highest BCUT2D eigenvalue weighted by atomic mass is 16.4. The van der Waals surface area contributed by atoms with Crippen LogP contribution >= 0.6 is 0 Å². The van der Waals surface area contributed by atoms with Crippen molar-refractivity contribution in [1.82, 2.24) is 14.8 Å². The number of aryl methyl sites for hydroxylation is 1. The number of fused-ring (bicyclic) bond motifs is 1. The van der Waals surface area contributed by atoms with Gasteiger partial charge in [0.1, 0.15) is 5.69 Å². The van der Waals surface area contributed by atoms with Crippen molar-refractivity contribution >= 4 is 16.9 Å². The molecule has 0 radical (unpaired) electrons. The van der Waals surface area contributed by atoms with Crippen molar-refractivity contribution in [3.63, 3.8) is 0 Å². The van der Waals surface area contributed by atoms with Crippen LogP contribution < -0.4 is 0 Å². The molecule has 0 saturated heterocycles. The van der Waals surface area contributed by atoms with Crippen LogP contribution in [-0.2, 0) is 0 Å². The highest BCUT2D eigenvalue weighted by Gasteiger charge is 2.09. The molecule has 0 bridgehead atoms. The number of hydrogen-bond donors (Lipinski definition) is 1. The van der Waals surface area contributed by atoms with Gasteiger partial charge in [-0.25, -0.2) is 14.5 Å². The van der Waals surface area contributed by atoms with Gasteiger partial charge < -0.3 is 5.11 Å². The lowest BCUT2D eigenvalue weighted by atomic mass is 10.1. The average molecular weight is 253 g/mol. The quantitative estimate of drug-likeness (QED) is 0.761. The van der Waals surface area contributed by atoms with Gasteiger partial charge in [0.05, 0.1) is 16.9 Å². The van der Waals surface area contributed by atoms with E-state index in [-0.39, 0.29) is 5.69 Å². The Kier molecular flexibility index (Phi) is 2.52. The van der Waals surface area contributed by atoms with Crippen LogP contribution in [0.3, 0.4) is 0 Å². The zero-order valence-corrected chi connectivity index (χ0v) is 10.2. The second-order valence-electron chi connectivity index (χ2n) is 4.25. The average Bonchev–Trinajstić information content (AvgIpc) is 2.84. The molecule has 0 saturated carbocycles. The highest BCUT2D eigenvalue weighted by Crippen LogP contribution is 2.21. The second kappa shape index (κ2) is 4.20. The van der Waals surface area contributed by atoms with Gasteiger partial charge in [-0.3, -0.25) is 0 Å². The summed E-state index contributed by atoms with van der Waals surface area (Å²) >= 11 is 0. The largest absolute Gasteiger partial charge is 0.477 e. The Morgan fingerprint density at radius 1 is 1.21 bits per heavy atom. The van der Waals surface area contributed by atoms with E-state index < -0.39 is 5.97 Å². The number of rotatable bonds is 2. The molecule has 0 amide bonds. The van der Waals surface area contributed by atoms with Gasteiger partial charge in [0.15, 0.2) is 0 Å². The van der Waals surface area contributed by atoms with Gasteiger partial charge in [-0.2, -0.15) is 5.10 Å². The van der Waals surface area contributed by atoms with Gasteiger partial charge in [-0.15, -0.1) is 0 Å². The number of aromatic carboxylic acids is 1. The minimum atomic E-state index is -1.03. The summed E-state index contributed by atoms with van der Waals surface area (Å²) in [5.74, 6) is -1.03. The van der Waals surface area contributed by atoms with Crippen molar-refractivity contribution < 1.29 is 9.90 Å². The van der Waals surface area contributed by atoms with Crippen molar-refractivity contribution in [2.24, 2.45) is 0 Å². The third kappa shape index (κ3) is 1.95. The summed E-state index contributed by atoms with van der Waals surface area (Å²) < 4.78 is 1.76. The minimum Gasteiger partial charge on any atom is -0.477 e. The molecule has 0 atom stereocenters. The number of aromatic nitrogens is 3. The fourth-order valence-electron chi connectivity index (χ4n) is 2.01. The summed E-state index contributed by atoms with van der Waals surface area (Å²) in [6, 6.07) is 10.7. The molecule has 3 aromatic rings. The minimum absolute atomic E-state index is 0.0429. The van der Waals surface area contributed by atoms with Gasteiger partial charge >= 0.3 is 5.97 Å². The normalized spacial score (nSPS) is 10.8. The van der Waals surface area contributed by atoms with Crippen LogP contribution in [0.25, 0.3) is 16.6 Å². The standard InChI is InChI=1S/C14H11N3O2/c1-9-7-8-17(16-9)13-4-2-3-11-10(13)5-6-12(15-11)14(18)19/h2-8H,1H3,(H,18,19). The first-order chi connectivity index (χ1) is 9.15. The number of pyridine rings is 1. The Bertz CT molecular complexity index is 777. The van der Waals surface area contributed by atoms with Gasteiger partial charge in [-0.1, -0.05) is 6.07 Å². The van der Waals surface area contributed by atoms with Crippen LogP contribution in [-0.4, -0.2) is 25.8 Å². The lowest BCUT2D eigenvalue weighted by molar-refractivity contribution is 0.0691. The van der Waals surface area contributed by atoms with E-state index in [0.29, 0.717) is 5.52 Å². The third-order valence-corrected chi connectivity index (χ3v) is 2.90. The molecule has 0 aliphatic rings. The molecule has 19 heavy (non-hydrogen) atoms. The SMILES string of the molecule is Cc1ccn(-c2cccc3nc(C(=O)O)ccc23)n1. The first kappa shape index (κ1) is 11.4. The van der Waals surface area contributed by atoms with Crippen LogP contribution in [0.15, 0.2) is 42.6 Å². The number of nitrogens with zero attached hydrogens (tertiary/aromatic N) is 3. The first-order valence-corrected chi connectivity index (χ1v) is 5.81. The van der Waals surface area contributed by atoms with E-state index in [1.807, 2.05) is 31.3 Å². The summed E-state index contributed by atoms with van der Waals surface area (Å²) in [4.78, 5) is 15.0. The summed E-state index contributed by atoms with van der Waals surface area (Å²) in [5.41, 5.74) is 2.49. The molecule has 5 nitrogen and oxygen atoms in total. The van der Waals surface area contributed by atoms with E-state index in [2.05, 4.69) is 10.1 Å². The summed E-state index contributed by atoms with van der Waals surface area (Å²) in [6.45, 7) is 1.92. The van der Waals surface area contributed by atoms with Gasteiger partial charge in [0, 0.05) is 11.6 Å². The predicted molar refractivity (Wildman–Crippen MR) is 70.6 cm³/mol. The molecular formula is C14H11N3O2. The maximum Gasteiger partial charge on any atom is 0.354 e. The molecule has 1 aromatic carbocycles. The number of carbonyl (C=O) groups is 1. The summed E-state index contributed by atoms with van der Waals surface area (Å²) in [6.07, 6.45) is 1.87. The number of benzene rings is 1. The van der Waals surface area contributed by atoms with E-state index in [4.69, 9.17) is 5.11 Å². The Morgan fingerprint density at radius 2 is 2.05 bits per heavy atom. The number of hydrogen-bond acceptors (Lipinski definition) is 3. The first-order valence-electron chi connectivity index (χ1n) is 5.81. The molecule has 94 valence electrons. The Labute approximate surface area is 109 Å². The van der Waals surface area contributed by atoms with Crippen molar-refractivity contribution in [3.8, 4) is 5.69 Å². The topological polar surface area (TPSA) is 68.0 Å². The van der Waals surface area contributed by atoms with Crippen LogP contribution in [0.4, 0.5) is 0 Å². The van der Waals surface area contributed by atoms with Crippen molar-refractivity contribution in [2.45, 2.75) is 6.92 Å². The molecule has 0 fully saturated rings. The van der Waals surface area contributed by atoms with Crippen molar-refractivity contribution in [2.75, 3.05) is 0 Å². The third-order valence-electron chi connectivity index (χ3n) is 2.90. The Morgan fingerprint density at radius 3 is 2.74 bits per heavy atom. The Balaban J connectivity index is 2.24. The smallest absolute Gasteiger partial charge is 0.354 e. The van der Waals surface area contributed by atoms with Crippen molar-refractivity contribution in [1.29, 1.82) is 0 Å². The van der Waals surface area contributed by atoms with Gasteiger partial charge in [-0.05, 0) is 37.3 Å². The maximum absolute atomic E-state index is 10.9. The monoisotopic (exact) mass is 253 g/mol. The maximum atomic E-state index is 10.9. The van der Waals surface area contributed by atoms with Crippen molar-refractivity contribution in [3.05, 3.63) is 54.0 Å². The summed E-state index contributed by atoms with van der Waals surface area (Å²) in [5, 5.41) is 14.2. The predicted octanol–water partition coefficient (Wildman–Crippen LogP) is 2.43. The molecule has 1 N–H and O–H groups in total. The molecule has 0 aliphatic heterocycles. The zero-order valence-electron chi connectivity index (χ0n) is 10.2. The lowest BCUT2D eigenvalue weighted by Crippen LogP contribution is -2.01. The van der Waals surface area contributed by atoms with E-state index in [1.165, 1.54) is 6.07 Å². The van der Waals surface area contributed by atoms with E-state index in [1.54, 1.807) is 16.8 Å². The van der Waals surface area contributed by atoms with E-state index in [9.17, 15) is 4.79 Å². The molecular weight excluding hydrogens is 242 g/mol. The molecule has 3 rings (SSSR count). The fourth-order valence-corrected chi connectivity index (χ4v) is 2.01. The molecule has 2 heterocycles.